The highest BCUT2D eigenvalue weighted by Crippen LogP contribution is 2.41. The van der Waals surface area contributed by atoms with Crippen LogP contribution in [0.25, 0.3) is 27.1 Å². The van der Waals surface area contributed by atoms with Gasteiger partial charge in [-0.2, -0.15) is 5.10 Å². The SMILES string of the molecule is C1=CC2=C(CC1)CCc1c2ccc2cccc(Cc3cccc(CNC4CCCCC4)c3)c12.O=c1[nH]ncc2ccccc12. The number of benzene rings is 4. The van der Waals surface area contributed by atoms with Crippen LogP contribution in [0.4, 0.5) is 0 Å². The van der Waals surface area contributed by atoms with Crippen molar-refractivity contribution in [2.75, 3.05) is 0 Å². The first kappa shape index (κ1) is 28.5. The Balaban J connectivity index is 0.000000239. The van der Waals surface area contributed by atoms with Crippen molar-refractivity contribution in [3.63, 3.8) is 0 Å². The number of aromatic amines is 1. The maximum absolute atomic E-state index is 11.1. The first-order chi connectivity index (χ1) is 21.7. The lowest BCUT2D eigenvalue weighted by atomic mass is 9.78. The third-order valence-electron chi connectivity index (χ3n) is 9.65. The number of nitrogens with zero attached hydrogens (tertiary/aromatic N) is 1. The summed E-state index contributed by atoms with van der Waals surface area (Å²) in [5.41, 5.74) is 10.4. The van der Waals surface area contributed by atoms with Gasteiger partial charge < -0.3 is 5.32 Å². The summed E-state index contributed by atoms with van der Waals surface area (Å²) < 4.78 is 0. The topological polar surface area (TPSA) is 57.8 Å². The molecule has 3 aliphatic rings. The van der Waals surface area contributed by atoms with Gasteiger partial charge in [-0.3, -0.25) is 4.79 Å². The molecule has 0 amide bonds. The first-order valence-electron chi connectivity index (χ1n) is 16.4. The molecule has 0 aliphatic heterocycles. The van der Waals surface area contributed by atoms with Crippen LogP contribution < -0.4 is 10.9 Å². The average molecular weight is 580 g/mol. The molecule has 44 heavy (non-hydrogen) atoms. The summed E-state index contributed by atoms with van der Waals surface area (Å²) >= 11 is 0. The van der Waals surface area contributed by atoms with Crippen LogP contribution in [0.5, 0.6) is 0 Å². The molecule has 0 saturated heterocycles. The summed E-state index contributed by atoms with van der Waals surface area (Å²) in [4.78, 5) is 11.1. The second-order valence-electron chi connectivity index (χ2n) is 12.6. The lowest BCUT2D eigenvalue weighted by molar-refractivity contribution is 0.372. The van der Waals surface area contributed by atoms with E-state index in [2.05, 4.69) is 82.3 Å². The van der Waals surface area contributed by atoms with Crippen LogP contribution in [-0.4, -0.2) is 16.2 Å². The zero-order valence-electron chi connectivity index (χ0n) is 25.4. The third kappa shape index (κ3) is 6.18. The molecule has 5 aromatic rings. The Morgan fingerprint density at radius 3 is 2.57 bits per heavy atom. The number of fused-ring (bicyclic) bond motifs is 5. The molecule has 0 bridgehead atoms. The molecule has 3 aliphatic carbocycles. The van der Waals surface area contributed by atoms with Gasteiger partial charge in [0, 0.05) is 23.4 Å². The lowest BCUT2D eigenvalue weighted by Crippen LogP contribution is -2.30. The Hall–Kier alpha value is -4.28. The minimum atomic E-state index is -0.136. The predicted octanol–water partition coefficient (Wildman–Crippen LogP) is 8.83. The summed E-state index contributed by atoms with van der Waals surface area (Å²) in [7, 11) is 0. The molecule has 4 heteroatoms. The normalized spacial score (nSPS) is 16.4. The Labute approximate surface area is 259 Å². The van der Waals surface area contributed by atoms with Crippen molar-refractivity contribution in [3.8, 4) is 0 Å². The smallest absolute Gasteiger partial charge is 0.272 e. The first-order valence-corrected chi connectivity index (χ1v) is 16.4. The van der Waals surface area contributed by atoms with Gasteiger partial charge in [-0.25, -0.2) is 5.10 Å². The van der Waals surface area contributed by atoms with E-state index < -0.39 is 0 Å². The molecule has 0 spiro atoms. The molecular formula is C40H41N3O. The van der Waals surface area contributed by atoms with Gasteiger partial charge in [-0.15, -0.1) is 0 Å². The summed E-state index contributed by atoms with van der Waals surface area (Å²) in [5.74, 6) is 0. The van der Waals surface area contributed by atoms with E-state index in [1.165, 1.54) is 96.4 Å². The van der Waals surface area contributed by atoms with Crippen molar-refractivity contribution in [2.45, 2.75) is 76.8 Å². The van der Waals surface area contributed by atoms with Crippen LogP contribution in [-0.2, 0) is 19.4 Å². The monoisotopic (exact) mass is 579 g/mol. The van der Waals surface area contributed by atoms with Crippen molar-refractivity contribution in [3.05, 3.63) is 141 Å². The number of aryl methyl sites for hydroxylation is 1. The quantitative estimate of drug-likeness (QED) is 0.219. The Morgan fingerprint density at radius 2 is 1.66 bits per heavy atom. The number of hydrogen-bond donors (Lipinski definition) is 2. The summed E-state index contributed by atoms with van der Waals surface area (Å²) in [6.07, 6.45) is 19.1. The standard InChI is InChI=1S/C32H35N.C8H6N2O/c1-2-13-28(14-3-1)33-22-24-9-6-8-23(20-24)21-27-12-7-11-26-17-18-30-29-15-5-4-10-25(29)16-19-31(30)32(26)27;11-8-7-4-2-1-3-6(7)5-9-10-8/h5-9,11-12,15,17-18,20,28,33H,1-4,10,13-14,16,19,21-22H2;1-5H,(H,10,11). The van der Waals surface area contributed by atoms with Crippen molar-refractivity contribution in [2.24, 2.45) is 0 Å². The van der Waals surface area contributed by atoms with E-state index in [1.807, 2.05) is 18.2 Å². The van der Waals surface area contributed by atoms with Gasteiger partial charge in [0.1, 0.15) is 0 Å². The van der Waals surface area contributed by atoms with E-state index in [4.69, 9.17) is 0 Å². The molecule has 0 atom stereocenters. The number of rotatable bonds is 5. The van der Waals surface area contributed by atoms with Gasteiger partial charge in [-0.05, 0) is 95.2 Å². The number of nitrogens with one attached hydrogen (secondary N) is 2. The van der Waals surface area contributed by atoms with Crippen molar-refractivity contribution < 1.29 is 0 Å². The molecule has 0 radical (unpaired) electrons. The minimum absolute atomic E-state index is 0.136. The molecule has 0 unspecified atom stereocenters. The highest BCUT2D eigenvalue weighted by atomic mass is 16.1. The van der Waals surface area contributed by atoms with E-state index >= 15 is 0 Å². The zero-order chi connectivity index (χ0) is 29.7. The second kappa shape index (κ2) is 13.2. The van der Waals surface area contributed by atoms with Gasteiger partial charge in [0.25, 0.3) is 5.56 Å². The number of H-pyrrole nitrogens is 1. The molecule has 1 fully saturated rings. The van der Waals surface area contributed by atoms with E-state index in [1.54, 1.807) is 23.4 Å². The van der Waals surface area contributed by atoms with E-state index in [9.17, 15) is 4.79 Å². The fraction of sp³-hybridized carbons (Fsp3) is 0.300. The van der Waals surface area contributed by atoms with Gasteiger partial charge in [-0.1, -0.05) is 110 Å². The molecule has 1 aromatic heterocycles. The van der Waals surface area contributed by atoms with Crippen LogP contribution in [0.1, 0.15) is 79.2 Å². The summed E-state index contributed by atoms with van der Waals surface area (Å²) in [6, 6.07) is 28.9. The highest BCUT2D eigenvalue weighted by molar-refractivity contribution is 5.96. The van der Waals surface area contributed by atoms with Crippen molar-refractivity contribution in [1.82, 2.24) is 15.5 Å². The Morgan fingerprint density at radius 1 is 0.818 bits per heavy atom. The van der Waals surface area contributed by atoms with Crippen LogP contribution in [0.3, 0.4) is 0 Å². The largest absolute Gasteiger partial charge is 0.310 e. The Kier molecular flexibility index (Phi) is 8.52. The third-order valence-corrected chi connectivity index (χ3v) is 9.65. The van der Waals surface area contributed by atoms with Gasteiger partial charge >= 0.3 is 0 Å². The van der Waals surface area contributed by atoms with E-state index in [0.29, 0.717) is 11.4 Å². The molecular weight excluding hydrogens is 538 g/mol. The summed E-state index contributed by atoms with van der Waals surface area (Å²) in [6.45, 7) is 0.993. The fourth-order valence-corrected chi connectivity index (χ4v) is 7.40. The number of allylic oxidation sites excluding steroid dienone is 4. The average Bonchev–Trinajstić information content (AvgIpc) is 3.08. The van der Waals surface area contributed by atoms with Gasteiger partial charge in [0.15, 0.2) is 0 Å². The van der Waals surface area contributed by atoms with Crippen molar-refractivity contribution in [1.29, 1.82) is 0 Å². The molecule has 4 aromatic carbocycles. The lowest BCUT2D eigenvalue weighted by Gasteiger charge is -2.26. The van der Waals surface area contributed by atoms with Crippen LogP contribution in [0.15, 0.2) is 108 Å². The van der Waals surface area contributed by atoms with Gasteiger partial charge in [0.05, 0.1) is 6.20 Å². The molecule has 1 saturated carbocycles. The van der Waals surface area contributed by atoms with E-state index in [0.717, 1.165) is 18.4 Å². The summed E-state index contributed by atoms with van der Waals surface area (Å²) in [5, 5.41) is 14.3. The van der Waals surface area contributed by atoms with Crippen LogP contribution >= 0.6 is 0 Å². The fourth-order valence-electron chi connectivity index (χ4n) is 7.40. The number of hydrogen-bond acceptors (Lipinski definition) is 3. The van der Waals surface area contributed by atoms with Gasteiger partial charge in [0.2, 0.25) is 0 Å². The molecule has 222 valence electrons. The minimum Gasteiger partial charge on any atom is -0.310 e. The molecule has 8 rings (SSSR count). The highest BCUT2D eigenvalue weighted by Gasteiger charge is 2.22. The molecule has 4 nitrogen and oxygen atoms in total. The number of aromatic nitrogens is 2. The molecule has 1 heterocycles. The second-order valence-corrected chi connectivity index (χ2v) is 12.6. The maximum atomic E-state index is 11.1. The predicted molar refractivity (Wildman–Crippen MR) is 183 cm³/mol. The van der Waals surface area contributed by atoms with E-state index in [-0.39, 0.29) is 5.56 Å². The van der Waals surface area contributed by atoms with Crippen molar-refractivity contribution >= 4 is 27.1 Å². The zero-order valence-corrected chi connectivity index (χ0v) is 25.4. The van der Waals surface area contributed by atoms with Crippen LogP contribution in [0.2, 0.25) is 0 Å². The maximum Gasteiger partial charge on any atom is 0.272 e. The Bertz CT molecular complexity index is 1900. The van der Waals surface area contributed by atoms with Crippen LogP contribution in [0, 0.1) is 0 Å². The molecule has 2 N–H and O–H groups in total.